The van der Waals surface area contributed by atoms with Crippen LogP contribution in [0.5, 0.6) is 0 Å². The van der Waals surface area contributed by atoms with Crippen LogP contribution in [0.2, 0.25) is 0 Å². The number of carbonyl (C=O) groups excluding carboxylic acids is 2. The van der Waals surface area contributed by atoms with Crippen LogP contribution in [-0.4, -0.2) is 42.3 Å². The first-order chi connectivity index (χ1) is 12.2. The molecule has 0 radical (unpaired) electrons. The maximum atomic E-state index is 13.9. The second-order valence-corrected chi connectivity index (χ2v) is 5.28. The largest absolute Gasteiger partial charge is 0.467 e. The van der Waals surface area contributed by atoms with Crippen LogP contribution in [0.4, 0.5) is 18.0 Å². The van der Waals surface area contributed by atoms with E-state index in [9.17, 15) is 22.8 Å². The number of benzene rings is 1. The van der Waals surface area contributed by atoms with E-state index < -0.39 is 36.7 Å². The molecule has 1 unspecified atom stereocenters. The van der Waals surface area contributed by atoms with Gasteiger partial charge in [0.1, 0.15) is 6.61 Å². The van der Waals surface area contributed by atoms with E-state index in [2.05, 4.69) is 17.9 Å². The van der Waals surface area contributed by atoms with Crippen LogP contribution in [0, 0.1) is 0 Å². The molecule has 0 heterocycles. The van der Waals surface area contributed by atoms with Gasteiger partial charge in [-0.05, 0) is 5.56 Å². The topological polar surface area (TPSA) is 55.8 Å². The van der Waals surface area contributed by atoms with E-state index >= 15 is 0 Å². The van der Waals surface area contributed by atoms with Crippen LogP contribution in [0.25, 0.3) is 0 Å². The molecule has 1 atom stereocenters. The van der Waals surface area contributed by atoms with Gasteiger partial charge in [-0.3, -0.25) is 4.90 Å². The summed E-state index contributed by atoms with van der Waals surface area (Å²) < 4.78 is 50.9. The van der Waals surface area contributed by atoms with Crippen LogP contribution in [0.3, 0.4) is 0 Å². The van der Waals surface area contributed by atoms with Gasteiger partial charge >= 0.3 is 18.2 Å². The Morgan fingerprint density at radius 1 is 1.15 bits per heavy atom. The highest BCUT2D eigenvalue weighted by Gasteiger charge is 2.66. The molecule has 0 saturated heterocycles. The molecule has 1 aromatic rings. The molecule has 0 N–H and O–H groups in total. The van der Waals surface area contributed by atoms with Gasteiger partial charge in [0, 0.05) is 13.0 Å². The van der Waals surface area contributed by atoms with Crippen molar-refractivity contribution in [1.82, 2.24) is 4.90 Å². The third-order valence-electron chi connectivity index (χ3n) is 3.63. The summed E-state index contributed by atoms with van der Waals surface area (Å²) in [6.07, 6.45) is -5.37. The summed E-state index contributed by atoms with van der Waals surface area (Å²) in [6, 6.07) is 8.41. The molecule has 26 heavy (non-hydrogen) atoms. The molecule has 5 nitrogen and oxygen atoms in total. The molecule has 0 aliphatic carbocycles. The number of carbonyl (C=O) groups is 2. The van der Waals surface area contributed by atoms with Crippen molar-refractivity contribution < 1.29 is 32.2 Å². The fourth-order valence-electron chi connectivity index (χ4n) is 2.38. The molecule has 0 spiro atoms. The minimum absolute atomic E-state index is 0.253. The number of nitrogens with zero attached hydrogens (tertiary/aromatic N) is 1. The fraction of sp³-hybridized carbons (Fsp3) is 0.333. The highest BCUT2D eigenvalue weighted by Crippen LogP contribution is 2.40. The van der Waals surface area contributed by atoms with Gasteiger partial charge in [-0.2, -0.15) is 13.2 Å². The number of hydrogen-bond acceptors (Lipinski definition) is 4. The fourth-order valence-corrected chi connectivity index (χ4v) is 2.38. The monoisotopic (exact) mass is 371 g/mol. The third-order valence-corrected chi connectivity index (χ3v) is 3.63. The van der Waals surface area contributed by atoms with Crippen LogP contribution in [0.15, 0.2) is 55.6 Å². The van der Waals surface area contributed by atoms with Crippen molar-refractivity contribution in [2.75, 3.05) is 13.7 Å². The van der Waals surface area contributed by atoms with Crippen molar-refractivity contribution >= 4 is 12.1 Å². The van der Waals surface area contributed by atoms with Crippen LogP contribution < -0.4 is 0 Å². The second-order valence-electron chi connectivity index (χ2n) is 5.28. The van der Waals surface area contributed by atoms with Gasteiger partial charge in [-0.1, -0.05) is 42.5 Å². The first kappa shape index (κ1) is 21.3. The first-order valence-electron chi connectivity index (χ1n) is 7.59. The van der Waals surface area contributed by atoms with Crippen molar-refractivity contribution in [3.05, 3.63) is 61.2 Å². The van der Waals surface area contributed by atoms with E-state index in [4.69, 9.17) is 4.74 Å². The standard InChI is InChI=1S/C18H20F3NO4/c1-4-11-17(15(23)25-3,18(19,20)21)22(12-5-2)16(24)26-13-14-9-7-6-8-10-14/h4-10H,1-2,11-13H2,3H3. The molecule has 0 fully saturated rings. The lowest BCUT2D eigenvalue weighted by atomic mass is 9.92. The van der Waals surface area contributed by atoms with Crippen LogP contribution in [0.1, 0.15) is 12.0 Å². The maximum Gasteiger partial charge on any atom is 0.423 e. The van der Waals surface area contributed by atoms with Gasteiger partial charge < -0.3 is 9.47 Å². The van der Waals surface area contributed by atoms with Crippen LogP contribution >= 0.6 is 0 Å². The van der Waals surface area contributed by atoms with Gasteiger partial charge in [0.25, 0.3) is 0 Å². The summed E-state index contributed by atoms with van der Waals surface area (Å²) in [7, 11) is 0.813. The Bertz CT molecular complexity index is 646. The van der Waals surface area contributed by atoms with Gasteiger partial charge in [0.15, 0.2) is 0 Å². The minimum atomic E-state index is -5.12. The average Bonchev–Trinajstić information content (AvgIpc) is 2.61. The second kappa shape index (κ2) is 9.07. The number of hydrogen-bond donors (Lipinski definition) is 0. The van der Waals surface area contributed by atoms with Crippen molar-refractivity contribution in [3.63, 3.8) is 0 Å². The Labute approximate surface area is 149 Å². The Kier molecular flexibility index (Phi) is 7.42. The number of alkyl halides is 3. The highest BCUT2D eigenvalue weighted by atomic mass is 19.4. The maximum absolute atomic E-state index is 13.9. The number of rotatable bonds is 8. The molecule has 0 bridgehead atoms. The normalized spacial score (nSPS) is 13.2. The molecule has 142 valence electrons. The van der Waals surface area contributed by atoms with Crippen molar-refractivity contribution in [2.24, 2.45) is 0 Å². The average molecular weight is 371 g/mol. The minimum Gasteiger partial charge on any atom is -0.467 e. The molecule has 8 heteroatoms. The molecular weight excluding hydrogens is 351 g/mol. The number of methoxy groups -OCH3 is 1. The van der Waals surface area contributed by atoms with Gasteiger partial charge in [-0.25, -0.2) is 9.59 Å². The van der Waals surface area contributed by atoms with E-state index in [1.165, 1.54) is 0 Å². The van der Waals surface area contributed by atoms with Gasteiger partial charge in [-0.15, -0.1) is 13.2 Å². The van der Waals surface area contributed by atoms with Gasteiger partial charge in [0.05, 0.1) is 7.11 Å². The molecule has 1 amide bonds. The summed E-state index contributed by atoms with van der Waals surface area (Å²) in [6.45, 7) is 5.78. The Morgan fingerprint density at radius 3 is 2.23 bits per heavy atom. The summed E-state index contributed by atoms with van der Waals surface area (Å²) in [5, 5.41) is 0. The molecule has 0 saturated carbocycles. The SMILES string of the molecule is C=CCN(C(=O)OCc1ccccc1)C(CC=C)(C(=O)OC)C(F)(F)F. The third kappa shape index (κ3) is 4.44. The molecule has 1 aromatic carbocycles. The predicted molar refractivity (Wildman–Crippen MR) is 89.1 cm³/mol. The van der Waals surface area contributed by atoms with E-state index in [-0.39, 0.29) is 11.5 Å². The number of ether oxygens (including phenoxy) is 2. The smallest absolute Gasteiger partial charge is 0.423 e. The molecule has 0 aromatic heterocycles. The summed E-state index contributed by atoms with van der Waals surface area (Å²) >= 11 is 0. The zero-order chi connectivity index (χ0) is 19.8. The first-order valence-corrected chi connectivity index (χ1v) is 7.59. The zero-order valence-corrected chi connectivity index (χ0v) is 14.3. The van der Waals surface area contributed by atoms with Crippen molar-refractivity contribution in [2.45, 2.75) is 24.7 Å². The van der Waals surface area contributed by atoms with Crippen molar-refractivity contribution in [1.29, 1.82) is 0 Å². The highest BCUT2D eigenvalue weighted by molar-refractivity contribution is 5.87. The van der Waals surface area contributed by atoms with Crippen molar-refractivity contribution in [3.8, 4) is 0 Å². The Hall–Kier alpha value is -2.77. The predicted octanol–water partition coefficient (Wildman–Crippen LogP) is 3.86. The van der Waals surface area contributed by atoms with E-state index in [0.29, 0.717) is 5.56 Å². The molecular formula is C18H20F3NO4. The molecule has 1 rings (SSSR count). The Balaban J connectivity index is 3.25. The number of esters is 1. The Morgan fingerprint density at radius 2 is 1.77 bits per heavy atom. The lowest BCUT2D eigenvalue weighted by molar-refractivity contribution is -0.233. The van der Waals surface area contributed by atoms with Gasteiger partial charge in [0.2, 0.25) is 5.54 Å². The lowest BCUT2D eigenvalue weighted by Gasteiger charge is -2.40. The summed E-state index contributed by atoms with van der Waals surface area (Å²) in [5.41, 5.74) is -2.68. The zero-order valence-electron chi connectivity index (χ0n) is 14.3. The number of amides is 1. The number of halogens is 3. The summed E-state index contributed by atoms with van der Waals surface area (Å²) in [4.78, 5) is 24.8. The van der Waals surface area contributed by atoms with E-state index in [0.717, 1.165) is 19.3 Å². The lowest BCUT2D eigenvalue weighted by Crippen LogP contribution is -2.65. The molecule has 0 aliphatic heterocycles. The van der Waals surface area contributed by atoms with E-state index in [1.807, 2.05) is 0 Å². The van der Waals surface area contributed by atoms with E-state index in [1.54, 1.807) is 30.3 Å². The summed E-state index contributed by atoms with van der Waals surface area (Å²) in [5.74, 6) is -1.64. The van der Waals surface area contributed by atoms with Crippen LogP contribution in [-0.2, 0) is 20.9 Å². The quantitative estimate of drug-likeness (QED) is 0.514. The molecule has 0 aliphatic rings.